The molecule has 4 aromatic rings. The number of hydrogen-bond donors (Lipinski definition) is 1. The number of aliphatic hydroxyl groups is 1. The number of benzene rings is 3. The van der Waals surface area contributed by atoms with E-state index in [1.807, 2.05) is 83.8 Å². The van der Waals surface area contributed by atoms with Crippen molar-refractivity contribution < 1.29 is 19.4 Å². The van der Waals surface area contributed by atoms with Crippen molar-refractivity contribution in [2.24, 2.45) is 5.92 Å². The lowest BCUT2D eigenvalue weighted by Gasteiger charge is -2.32. The molecule has 0 radical (unpaired) electrons. The first-order valence-electron chi connectivity index (χ1n) is 14.6. The van der Waals surface area contributed by atoms with Crippen LogP contribution in [0.2, 0.25) is 0 Å². The summed E-state index contributed by atoms with van der Waals surface area (Å²) in [6, 6.07) is 25.2. The molecule has 214 valence electrons. The fourth-order valence-corrected chi connectivity index (χ4v) is 6.55. The second-order valence-electron chi connectivity index (χ2n) is 11.5. The molecule has 4 heterocycles. The molecular weight excluding hydrogens is 530 g/mol. The summed E-state index contributed by atoms with van der Waals surface area (Å²) in [6.07, 6.45) is 2.65. The van der Waals surface area contributed by atoms with Crippen LogP contribution >= 0.6 is 0 Å². The van der Waals surface area contributed by atoms with Crippen molar-refractivity contribution in [2.75, 3.05) is 16.3 Å². The van der Waals surface area contributed by atoms with Crippen molar-refractivity contribution in [2.45, 2.75) is 57.1 Å². The molecule has 2 amide bonds. The molecule has 1 N–H and O–H groups in total. The van der Waals surface area contributed by atoms with Crippen molar-refractivity contribution in [3.8, 4) is 0 Å². The number of nitrogens with zero attached hydrogens (tertiary/aromatic N) is 5. The summed E-state index contributed by atoms with van der Waals surface area (Å²) in [7, 11) is 0. The topological polar surface area (TPSA) is 101 Å². The fraction of sp³-hybridized carbons (Fsp3) is 0.333. The summed E-state index contributed by atoms with van der Waals surface area (Å²) in [4.78, 5) is 30.2. The van der Waals surface area contributed by atoms with Gasteiger partial charge in [0.15, 0.2) is 5.60 Å². The molecule has 7 rings (SSSR count). The van der Waals surface area contributed by atoms with Gasteiger partial charge in [-0.3, -0.25) is 14.3 Å². The second kappa shape index (κ2) is 10.5. The molecule has 9 heteroatoms. The van der Waals surface area contributed by atoms with Crippen molar-refractivity contribution in [3.63, 3.8) is 0 Å². The zero-order valence-electron chi connectivity index (χ0n) is 23.5. The van der Waals surface area contributed by atoms with Gasteiger partial charge in [0.2, 0.25) is 5.91 Å². The van der Waals surface area contributed by atoms with Crippen LogP contribution in [0, 0.1) is 5.92 Å². The predicted octanol–water partition coefficient (Wildman–Crippen LogP) is 4.35. The third-order valence-electron chi connectivity index (χ3n) is 8.87. The van der Waals surface area contributed by atoms with Crippen LogP contribution in [0.4, 0.5) is 11.4 Å². The smallest absolute Gasteiger partial charge is 0.264 e. The Kier molecular flexibility index (Phi) is 6.63. The largest absolute Gasteiger partial charge is 0.382 e. The van der Waals surface area contributed by atoms with E-state index in [1.54, 1.807) is 15.8 Å². The van der Waals surface area contributed by atoms with Crippen LogP contribution in [0.25, 0.3) is 0 Å². The molecular formula is C33H33N5O4. The van der Waals surface area contributed by atoms with Gasteiger partial charge >= 0.3 is 0 Å². The first kappa shape index (κ1) is 26.6. The molecule has 0 unspecified atom stereocenters. The van der Waals surface area contributed by atoms with Gasteiger partial charge in [0.1, 0.15) is 11.8 Å². The first-order chi connectivity index (χ1) is 20.4. The Morgan fingerprint density at radius 1 is 1.05 bits per heavy atom. The Morgan fingerprint density at radius 3 is 2.52 bits per heavy atom. The number of rotatable bonds is 8. The average molecular weight is 564 g/mol. The molecule has 0 bridgehead atoms. The minimum atomic E-state index is -1.12. The zero-order valence-corrected chi connectivity index (χ0v) is 23.5. The monoisotopic (exact) mass is 563 g/mol. The minimum Gasteiger partial charge on any atom is -0.382 e. The predicted molar refractivity (Wildman–Crippen MR) is 157 cm³/mol. The lowest BCUT2D eigenvalue weighted by Crippen LogP contribution is -2.44. The highest BCUT2D eigenvalue weighted by Gasteiger charge is 2.60. The summed E-state index contributed by atoms with van der Waals surface area (Å²) in [5, 5.41) is 19.1. The van der Waals surface area contributed by atoms with Gasteiger partial charge in [0.25, 0.3) is 5.91 Å². The van der Waals surface area contributed by atoms with E-state index < -0.39 is 11.7 Å². The van der Waals surface area contributed by atoms with Gasteiger partial charge < -0.3 is 19.6 Å². The van der Waals surface area contributed by atoms with Crippen LogP contribution in [-0.4, -0.2) is 44.6 Å². The molecule has 1 aromatic heterocycles. The highest BCUT2D eigenvalue weighted by atomic mass is 16.5. The molecule has 3 aromatic carbocycles. The van der Waals surface area contributed by atoms with E-state index in [-0.39, 0.29) is 23.8 Å². The molecule has 0 aliphatic carbocycles. The number of aryl methyl sites for hydroxylation is 1. The van der Waals surface area contributed by atoms with Gasteiger partial charge in [-0.2, -0.15) is 0 Å². The standard InChI is InChI=1S/C33H33N5O4/c1-22-18-26(14-16-36-21-28(34-35-36)31(40)24-10-6-3-7-11-24)42-33(22)27-19-25(37-17-15-30(37)39)12-13-29(27)38(32(33)41)20-23-8-4-2-5-9-23/h2-13,19,21-22,26,31,40H,14-18,20H2,1H3/t22-,26+,31-,33+/m1/s1. The van der Waals surface area contributed by atoms with Crippen molar-refractivity contribution in [1.82, 2.24) is 15.0 Å². The van der Waals surface area contributed by atoms with E-state index >= 15 is 0 Å². The number of aliphatic hydroxyl groups excluding tert-OH is 1. The lowest BCUT2D eigenvalue weighted by molar-refractivity contribution is -0.146. The molecule has 2 saturated heterocycles. The molecule has 1 spiro atoms. The van der Waals surface area contributed by atoms with Crippen LogP contribution < -0.4 is 9.80 Å². The summed E-state index contributed by atoms with van der Waals surface area (Å²) in [5.74, 6) is -0.0298. The second-order valence-corrected chi connectivity index (χ2v) is 11.5. The number of ether oxygens (including phenoxy) is 1. The number of amides is 2. The molecule has 42 heavy (non-hydrogen) atoms. The summed E-state index contributed by atoms with van der Waals surface area (Å²) >= 11 is 0. The summed E-state index contributed by atoms with van der Waals surface area (Å²) < 4.78 is 8.50. The molecule has 9 nitrogen and oxygen atoms in total. The lowest BCUT2D eigenvalue weighted by atomic mass is 9.82. The highest BCUT2D eigenvalue weighted by molar-refractivity contribution is 6.08. The van der Waals surface area contributed by atoms with Crippen LogP contribution in [0.3, 0.4) is 0 Å². The Balaban J connectivity index is 1.13. The SMILES string of the molecule is C[C@@H]1C[C@H](CCn2cc([C@H](O)c3ccccc3)nn2)O[C@@]12C(=O)N(Cc1ccccc1)c1ccc(N3CCC3=O)cc12. The minimum absolute atomic E-state index is 0.0579. The number of anilines is 2. The van der Waals surface area contributed by atoms with Crippen molar-refractivity contribution in [3.05, 3.63) is 107 Å². The average Bonchev–Trinajstić information content (AvgIpc) is 3.68. The van der Waals surface area contributed by atoms with Gasteiger partial charge in [-0.1, -0.05) is 72.8 Å². The number of hydrogen-bond acceptors (Lipinski definition) is 6. The van der Waals surface area contributed by atoms with Crippen LogP contribution in [0.1, 0.15) is 54.7 Å². The third-order valence-corrected chi connectivity index (χ3v) is 8.87. The van der Waals surface area contributed by atoms with E-state index in [9.17, 15) is 14.7 Å². The maximum atomic E-state index is 14.3. The highest BCUT2D eigenvalue weighted by Crippen LogP contribution is 2.54. The first-order valence-corrected chi connectivity index (χ1v) is 14.6. The number of carbonyl (C=O) groups is 2. The Hall–Kier alpha value is -4.34. The van der Waals surface area contributed by atoms with E-state index in [4.69, 9.17) is 4.74 Å². The van der Waals surface area contributed by atoms with Crippen LogP contribution in [0.5, 0.6) is 0 Å². The molecule has 0 saturated carbocycles. The van der Waals surface area contributed by atoms with E-state index in [2.05, 4.69) is 17.2 Å². The van der Waals surface area contributed by atoms with Crippen LogP contribution in [0.15, 0.2) is 85.1 Å². The molecule has 3 aliphatic heterocycles. The Bertz CT molecular complexity index is 1620. The van der Waals surface area contributed by atoms with E-state index in [0.29, 0.717) is 44.6 Å². The van der Waals surface area contributed by atoms with Crippen LogP contribution in [-0.2, 0) is 33.0 Å². The number of carbonyl (C=O) groups excluding carboxylic acids is 2. The number of aromatic nitrogens is 3. The van der Waals surface area contributed by atoms with E-state index in [0.717, 1.165) is 28.1 Å². The number of β-lactam (4-membered cyclic amide) rings is 1. The van der Waals surface area contributed by atoms with Crippen molar-refractivity contribution in [1.29, 1.82) is 0 Å². The molecule has 3 aliphatic rings. The zero-order chi connectivity index (χ0) is 28.8. The summed E-state index contributed by atoms with van der Waals surface area (Å²) in [6.45, 7) is 3.75. The van der Waals surface area contributed by atoms with Crippen molar-refractivity contribution >= 4 is 23.2 Å². The Labute approximate surface area is 244 Å². The van der Waals surface area contributed by atoms with Gasteiger partial charge in [0, 0.05) is 36.7 Å². The molecule has 2 fully saturated rings. The summed E-state index contributed by atoms with van der Waals surface area (Å²) in [5.41, 5.74) is 3.66. The normalized spacial score (nSPS) is 23.9. The van der Waals surface area contributed by atoms with Gasteiger partial charge in [-0.25, -0.2) is 0 Å². The quantitative estimate of drug-likeness (QED) is 0.320. The van der Waals surface area contributed by atoms with Gasteiger partial charge in [-0.05, 0) is 42.2 Å². The third kappa shape index (κ3) is 4.40. The maximum absolute atomic E-state index is 14.3. The van der Waals surface area contributed by atoms with E-state index in [1.165, 1.54) is 0 Å². The Morgan fingerprint density at radius 2 is 1.81 bits per heavy atom. The fourth-order valence-electron chi connectivity index (χ4n) is 6.55. The van der Waals surface area contributed by atoms with Gasteiger partial charge in [-0.15, -0.1) is 5.10 Å². The maximum Gasteiger partial charge on any atom is 0.264 e. The number of fused-ring (bicyclic) bond motifs is 2. The van der Waals surface area contributed by atoms with Gasteiger partial charge in [0.05, 0.1) is 24.5 Å². The molecule has 4 atom stereocenters.